The Kier molecular flexibility index (Phi) is 12.6. The van der Waals surface area contributed by atoms with Gasteiger partial charge in [0, 0.05) is 52.4 Å². The summed E-state index contributed by atoms with van der Waals surface area (Å²) in [5.41, 5.74) is 0. The zero-order valence-corrected chi connectivity index (χ0v) is 18.7. The van der Waals surface area contributed by atoms with E-state index in [-0.39, 0.29) is 0 Å². The van der Waals surface area contributed by atoms with Gasteiger partial charge in [0.25, 0.3) is 0 Å². The topological polar surface area (TPSA) is 165 Å². The first-order chi connectivity index (χ1) is 15.6. The van der Waals surface area contributed by atoms with E-state index in [9.17, 15) is 19.2 Å². The van der Waals surface area contributed by atoms with Gasteiger partial charge in [-0.25, -0.2) is 0 Å². The Morgan fingerprint density at radius 3 is 0.875 bits per heavy atom. The van der Waals surface area contributed by atoms with Crippen LogP contribution in [0.5, 0.6) is 0 Å². The van der Waals surface area contributed by atoms with Gasteiger partial charge in [-0.2, -0.15) is 0 Å². The lowest BCUT2D eigenvalue weighted by Crippen LogP contribution is -2.56. The molecule has 2 aliphatic rings. The summed E-state index contributed by atoms with van der Waals surface area (Å²) in [6.07, 6.45) is 1.85. The van der Waals surface area contributed by atoms with Crippen molar-refractivity contribution in [2.24, 2.45) is 11.8 Å². The lowest BCUT2D eigenvalue weighted by atomic mass is 9.88. The van der Waals surface area contributed by atoms with E-state index in [2.05, 4.69) is 42.5 Å². The van der Waals surface area contributed by atoms with Crippen molar-refractivity contribution in [3.63, 3.8) is 0 Å². The molecule has 0 radical (unpaired) electrons. The van der Waals surface area contributed by atoms with E-state index in [1.165, 1.54) is 0 Å². The van der Waals surface area contributed by atoms with Crippen molar-refractivity contribution in [2.75, 3.05) is 78.5 Å². The number of hydrogen-bond donors (Lipinski definition) is 8. The molecule has 0 aliphatic carbocycles. The largest absolute Gasteiger partial charge is 0.354 e. The van der Waals surface area contributed by atoms with Crippen molar-refractivity contribution in [3.05, 3.63) is 0 Å². The minimum absolute atomic E-state index is 0.292. The van der Waals surface area contributed by atoms with Gasteiger partial charge in [-0.15, -0.1) is 0 Å². The smallest absolute Gasteiger partial charge is 0.233 e. The number of hydrogen-bond acceptors (Lipinski definition) is 8. The molecule has 2 fully saturated rings. The van der Waals surface area contributed by atoms with Crippen LogP contribution in [0.3, 0.4) is 0 Å². The molecule has 4 amide bonds. The second-order valence-corrected chi connectivity index (χ2v) is 7.83. The molecule has 0 bridgehead atoms. The van der Waals surface area contributed by atoms with Crippen LogP contribution in [0.2, 0.25) is 0 Å². The normalized spacial score (nSPS) is 23.6. The molecule has 32 heavy (non-hydrogen) atoms. The molecule has 0 spiro atoms. The van der Waals surface area contributed by atoms with Crippen molar-refractivity contribution >= 4 is 23.6 Å². The summed E-state index contributed by atoms with van der Waals surface area (Å²) >= 11 is 0. The summed E-state index contributed by atoms with van der Waals surface area (Å²) in [6, 6.07) is 0. The van der Waals surface area contributed by atoms with Crippen molar-refractivity contribution in [1.82, 2.24) is 42.5 Å². The SMILES string of the molecule is O=C1NCCNCCCNCCNC(=O)C1C1C(=O)NCCNCCCNCCNC1=O. The molecule has 182 valence electrons. The Bertz CT molecular complexity index is 518. The van der Waals surface area contributed by atoms with Crippen LogP contribution in [0.15, 0.2) is 0 Å². The van der Waals surface area contributed by atoms with Gasteiger partial charge in [0.15, 0.2) is 0 Å². The summed E-state index contributed by atoms with van der Waals surface area (Å²) in [6.45, 7) is 6.48. The van der Waals surface area contributed by atoms with E-state index < -0.39 is 35.5 Å². The molecule has 0 aromatic carbocycles. The highest BCUT2D eigenvalue weighted by molar-refractivity contribution is 6.12. The fraction of sp³-hybridized carbons (Fsp3) is 0.800. The van der Waals surface area contributed by atoms with E-state index in [1.54, 1.807) is 0 Å². The van der Waals surface area contributed by atoms with Gasteiger partial charge in [0.05, 0.1) is 0 Å². The highest BCUT2D eigenvalue weighted by Crippen LogP contribution is 2.15. The molecule has 12 nitrogen and oxygen atoms in total. The van der Waals surface area contributed by atoms with Crippen molar-refractivity contribution in [3.8, 4) is 0 Å². The summed E-state index contributed by atoms with van der Waals surface area (Å²) in [7, 11) is 0. The summed E-state index contributed by atoms with van der Waals surface area (Å²) < 4.78 is 0. The molecule has 2 heterocycles. The third kappa shape index (κ3) is 9.47. The lowest BCUT2D eigenvalue weighted by molar-refractivity contribution is -0.149. The van der Waals surface area contributed by atoms with E-state index in [0.29, 0.717) is 52.4 Å². The Labute approximate surface area is 189 Å². The molecule has 8 N–H and O–H groups in total. The predicted octanol–water partition coefficient (Wildman–Crippen LogP) is -4.15. The minimum atomic E-state index is -1.47. The Balaban J connectivity index is 2.17. The van der Waals surface area contributed by atoms with Gasteiger partial charge in [-0.05, 0) is 39.0 Å². The second kappa shape index (κ2) is 15.5. The third-order valence-electron chi connectivity index (χ3n) is 5.28. The number of amides is 4. The number of carbonyl (C=O) groups excluding carboxylic acids is 4. The first-order valence-corrected chi connectivity index (χ1v) is 11.5. The number of rotatable bonds is 1. The van der Waals surface area contributed by atoms with Gasteiger partial charge in [0.2, 0.25) is 23.6 Å². The van der Waals surface area contributed by atoms with Crippen LogP contribution in [-0.4, -0.2) is 102 Å². The Morgan fingerprint density at radius 2 is 0.625 bits per heavy atom. The van der Waals surface area contributed by atoms with Crippen LogP contribution in [0.4, 0.5) is 0 Å². The van der Waals surface area contributed by atoms with Gasteiger partial charge in [-0.3, -0.25) is 19.2 Å². The monoisotopic (exact) mass is 454 g/mol. The zero-order valence-electron chi connectivity index (χ0n) is 18.7. The lowest BCUT2D eigenvalue weighted by Gasteiger charge is -2.25. The maximum Gasteiger partial charge on any atom is 0.233 e. The molecule has 0 atom stereocenters. The maximum absolute atomic E-state index is 13.0. The van der Waals surface area contributed by atoms with Crippen LogP contribution < -0.4 is 42.5 Å². The Hall–Kier alpha value is -2.28. The van der Waals surface area contributed by atoms with Crippen LogP contribution >= 0.6 is 0 Å². The average molecular weight is 455 g/mol. The van der Waals surface area contributed by atoms with Gasteiger partial charge < -0.3 is 42.5 Å². The molecule has 0 saturated carbocycles. The van der Waals surface area contributed by atoms with E-state index in [1.807, 2.05) is 0 Å². The molecule has 0 unspecified atom stereocenters. The number of carbonyl (C=O) groups is 4. The first kappa shape index (κ1) is 26.0. The minimum Gasteiger partial charge on any atom is -0.354 e. The quantitative estimate of drug-likeness (QED) is 0.185. The van der Waals surface area contributed by atoms with Crippen molar-refractivity contribution in [2.45, 2.75) is 12.8 Å². The predicted molar refractivity (Wildman–Crippen MR) is 120 cm³/mol. The maximum atomic E-state index is 13.0. The van der Waals surface area contributed by atoms with E-state index in [0.717, 1.165) is 39.0 Å². The van der Waals surface area contributed by atoms with Crippen LogP contribution in [-0.2, 0) is 19.2 Å². The molecular weight excluding hydrogens is 416 g/mol. The summed E-state index contributed by atoms with van der Waals surface area (Å²) in [5, 5.41) is 23.6. The highest BCUT2D eigenvalue weighted by Gasteiger charge is 2.43. The standard InChI is InChI=1S/C20H38N8O4/c29-17-15(18(30)26-12-8-22-4-1-3-21-7-11-25-17)16-19(31)27-13-9-23-5-2-6-24-10-14-28-20(16)32/h15-16,21-24H,1-14H2,(H,25,29)(H,26,30)(H,27,31)(H,28,32). The van der Waals surface area contributed by atoms with Gasteiger partial charge in [0.1, 0.15) is 11.8 Å². The molecule has 2 aliphatic heterocycles. The van der Waals surface area contributed by atoms with Crippen molar-refractivity contribution in [1.29, 1.82) is 0 Å². The summed E-state index contributed by atoms with van der Waals surface area (Å²) in [5.74, 6) is -5.48. The van der Waals surface area contributed by atoms with E-state index in [4.69, 9.17) is 0 Å². The Morgan fingerprint density at radius 1 is 0.375 bits per heavy atom. The average Bonchev–Trinajstić information content (AvgIpc) is 2.77. The molecule has 12 heteroatoms. The van der Waals surface area contributed by atoms with Crippen LogP contribution in [0.25, 0.3) is 0 Å². The van der Waals surface area contributed by atoms with E-state index >= 15 is 0 Å². The second-order valence-electron chi connectivity index (χ2n) is 7.83. The van der Waals surface area contributed by atoms with Gasteiger partial charge >= 0.3 is 0 Å². The highest BCUT2D eigenvalue weighted by atomic mass is 16.2. The fourth-order valence-electron chi connectivity index (χ4n) is 3.56. The zero-order chi connectivity index (χ0) is 23.0. The number of nitrogens with one attached hydrogen (secondary N) is 8. The fourth-order valence-corrected chi connectivity index (χ4v) is 3.56. The molecule has 0 aromatic heterocycles. The molecule has 2 rings (SSSR count). The van der Waals surface area contributed by atoms with Crippen LogP contribution in [0, 0.1) is 11.8 Å². The van der Waals surface area contributed by atoms with Crippen molar-refractivity contribution < 1.29 is 19.2 Å². The van der Waals surface area contributed by atoms with Crippen LogP contribution in [0.1, 0.15) is 12.8 Å². The van der Waals surface area contributed by atoms with Gasteiger partial charge in [-0.1, -0.05) is 0 Å². The molecular formula is C20H38N8O4. The first-order valence-electron chi connectivity index (χ1n) is 11.5. The molecule has 2 saturated heterocycles. The molecule has 0 aromatic rings. The third-order valence-corrected chi connectivity index (χ3v) is 5.28. The summed E-state index contributed by atoms with van der Waals surface area (Å²) in [4.78, 5) is 51.8.